The lowest BCUT2D eigenvalue weighted by molar-refractivity contribution is 0.306. The summed E-state index contributed by atoms with van der Waals surface area (Å²) in [7, 11) is 0. The maximum atomic E-state index is 11.1. The molecule has 0 spiro atoms. The van der Waals surface area contributed by atoms with Crippen molar-refractivity contribution in [3.63, 3.8) is 0 Å². The Morgan fingerprint density at radius 2 is 1.82 bits per heavy atom. The number of anilines is 2. The van der Waals surface area contributed by atoms with Crippen molar-refractivity contribution in [1.82, 2.24) is 15.2 Å². The Morgan fingerprint density at radius 1 is 1.05 bits per heavy atom. The highest BCUT2D eigenvalue weighted by Gasteiger charge is 1.99. The summed E-state index contributed by atoms with van der Waals surface area (Å²) in [6, 6.07) is 17.4. The van der Waals surface area contributed by atoms with E-state index in [4.69, 9.17) is 4.74 Å². The summed E-state index contributed by atoms with van der Waals surface area (Å²) in [6.07, 6.45) is 1.45. The number of nitrogens with one attached hydrogen (secondary N) is 2. The number of aromatic nitrogens is 3. The van der Waals surface area contributed by atoms with Gasteiger partial charge in [-0.05, 0) is 29.8 Å². The largest absolute Gasteiger partial charge is 0.489 e. The van der Waals surface area contributed by atoms with Crippen LogP contribution in [0.25, 0.3) is 0 Å². The first-order valence-corrected chi connectivity index (χ1v) is 6.75. The van der Waals surface area contributed by atoms with Gasteiger partial charge in [0.25, 0.3) is 0 Å². The van der Waals surface area contributed by atoms with Gasteiger partial charge in [-0.2, -0.15) is 10.1 Å². The number of nitrogens with zero attached hydrogens (tertiary/aromatic N) is 2. The molecule has 0 fully saturated rings. The van der Waals surface area contributed by atoms with E-state index in [2.05, 4.69) is 20.5 Å². The van der Waals surface area contributed by atoms with Gasteiger partial charge >= 0.3 is 5.69 Å². The second-order valence-electron chi connectivity index (χ2n) is 4.60. The van der Waals surface area contributed by atoms with Crippen LogP contribution in [0.3, 0.4) is 0 Å². The third-order valence-corrected chi connectivity index (χ3v) is 2.94. The van der Waals surface area contributed by atoms with Gasteiger partial charge in [-0.25, -0.2) is 9.89 Å². The zero-order valence-electron chi connectivity index (χ0n) is 11.7. The summed E-state index contributed by atoms with van der Waals surface area (Å²) >= 11 is 0. The third kappa shape index (κ3) is 3.69. The van der Waals surface area contributed by atoms with Gasteiger partial charge in [-0.3, -0.25) is 0 Å². The molecule has 2 aromatic carbocycles. The van der Waals surface area contributed by atoms with Crippen LogP contribution in [0.2, 0.25) is 0 Å². The van der Waals surface area contributed by atoms with E-state index < -0.39 is 5.69 Å². The number of H-pyrrole nitrogens is 1. The molecular weight excluding hydrogens is 280 g/mol. The lowest BCUT2D eigenvalue weighted by Crippen LogP contribution is -2.13. The van der Waals surface area contributed by atoms with Crippen molar-refractivity contribution in [2.45, 2.75) is 6.61 Å². The fourth-order valence-electron chi connectivity index (χ4n) is 1.90. The van der Waals surface area contributed by atoms with Crippen LogP contribution in [0.4, 0.5) is 11.5 Å². The summed E-state index contributed by atoms with van der Waals surface area (Å²) in [5.41, 5.74) is 1.42. The van der Waals surface area contributed by atoms with E-state index in [1.165, 1.54) is 6.20 Å². The minimum absolute atomic E-state index is 0.390. The monoisotopic (exact) mass is 294 g/mol. The van der Waals surface area contributed by atoms with E-state index in [-0.39, 0.29) is 0 Å². The Bertz CT molecular complexity index is 785. The second-order valence-corrected chi connectivity index (χ2v) is 4.60. The predicted molar refractivity (Wildman–Crippen MR) is 83.2 cm³/mol. The molecule has 0 aliphatic carbocycles. The van der Waals surface area contributed by atoms with Gasteiger partial charge in [0, 0.05) is 5.69 Å². The van der Waals surface area contributed by atoms with Gasteiger partial charge in [0.05, 0.1) is 6.20 Å². The molecule has 6 heteroatoms. The smallest absolute Gasteiger partial charge is 0.363 e. The number of aromatic amines is 1. The normalized spacial score (nSPS) is 10.2. The average Bonchev–Trinajstić information content (AvgIpc) is 2.55. The number of hydrogen-bond acceptors (Lipinski definition) is 5. The third-order valence-electron chi connectivity index (χ3n) is 2.94. The van der Waals surface area contributed by atoms with Gasteiger partial charge in [0.1, 0.15) is 12.4 Å². The average molecular weight is 294 g/mol. The molecule has 6 nitrogen and oxygen atoms in total. The Balaban J connectivity index is 1.61. The standard InChI is InChI=1S/C16H14N4O2/c21-16-19-15(10-17-20-16)18-13-6-8-14(9-7-13)22-11-12-4-2-1-3-5-12/h1-10H,11H2,(H2,18,19,20,21). The van der Waals surface area contributed by atoms with Crippen molar-refractivity contribution >= 4 is 11.5 Å². The quantitative estimate of drug-likeness (QED) is 0.755. The van der Waals surface area contributed by atoms with Crippen LogP contribution in [0, 0.1) is 0 Å². The number of rotatable bonds is 5. The molecule has 3 aromatic rings. The highest BCUT2D eigenvalue weighted by Crippen LogP contribution is 2.19. The minimum Gasteiger partial charge on any atom is -0.489 e. The first-order chi connectivity index (χ1) is 10.8. The van der Waals surface area contributed by atoms with Crippen LogP contribution in [0.1, 0.15) is 5.56 Å². The van der Waals surface area contributed by atoms with Crippen molar-refractivity contribution in [1.29, 1.82) is 0 Å². The van der Waals surface area contributed by atoms with E-state index in [1.54, 1.807) is 0 Å². The molecular formula is C16H14N4O2. The first-order valence-electron chi connectivity index (χ1n) is 6.75. The predicted octanol–water partition coefficient (Wildman–Crippen LogP) is 2.49. The number of ether oxygens (including phenoxy) is 1. The summed E-state index contributed by atoms with van der Waals surface area (Å²) in [4.78, 5) is 14.8. The van der Waals surface area contributed by atoms with Crippen LogP contribution in [-0.2, 0) is 6.61 Å². The van der Waals surface area contributed by atoms with Crippen molar-refractivity contribution in [2.75, 3.05) is 5.32 Å². The molecule has 0 saturated heterocycles. The highest BCUT2D eigenvalue weighted by atomic mass is 16.5. The molecule has 0 aliphatic rings. The minimum atomic E-state index is -0.493. The molecule has 2 N–H and O–H groups in total. The molecule has 1 aromatic heterocycles. The molecule has 0 atom stereocenters. The molecule has 0 aliphatic heterocycles. The molecule has 1 heterocycles. The lowest BCUT2D eigenvalue weighted by Gasteiger charge is -2.08. The number of hydrogen-bond donors (Lipinski definition) is 2. The molecule has 0 amide bonds. The van der Waals surface area contributed by atoms with Gasteiger partial charge in [0.2, 0.25) is 0 Å². The van der Waals surface area contributed by atoms with Crippen molar-refractivity contribution < 1.29 is 4.74 Å². The van der Waals surface area contributed by atoms with Gasteiger partial charge in [-0.15, -0.1) is 0 Å². The van der Waals surface area contributed by atoms with Crippen molar-refractivity contribution in [2.24, 2.45) is 0 Å². The summed E-state index contributed by atoms with van der Waals surface area (Å²) < 4.78 is 5.71. The maximum absolute atomic E-state index is 11.1. The summed E-state index contributed by atoms with van der Waals surface area (Å²) in [5, 5.41) is 8.89. The number of benzene rings is 2. The van der Waals surface area contributed by atoms with Crippen molar-refractivity contribution in [3.05, 3.63) is 76.8 Å². The van der Waals surface area contributed by atoms with E-state index in [9.17, 15) is 4.79 Å². The van der Waals surface area contributed by atoms with E-state index in [0.717, 1.165) is 17.0 Å². The molecule has 0 unspecified atom stereocenters. The van der Waals surface area contributed by atoms with Crippen molar-refractivity contribution in [3.8, 4) is 5.75 Å². The van der Waals surface area contributed by atoms with E-state index in [0.29, 0.717) is 12.4 Å². The SMILES string of the molecule is O=c1nc(Nc2ccc(OCc3ccccc3)cc2)cn[nH]1. The van der Waals surface area contributed by atoms with Crippen LogP contribution < -0.4 is 15.7 Å². The van der Waals surface area contributed by atoms with Gasteiger partial charge < -0.3 is 10.1 Å². The molecule has 0 bridgehead atoms. The molecule has 110 valence electrons. The lowest BCUT2D eigenvalue weighted by atomic mass is 10.2. The Hall–Kier alpha value is -3.15. The zero-order chi connectivity index (χ0) is 15.2. The van der Waals surface area contributed by atoms with Crippen LogP contribution in [-0.4, -0.2) is 15.2 Å². The maximum Gasteiger partial charge on any atom is 0.363 e. The zero-order valence-corrected chi connectivity index (χ0v) is 11.7. The highest BCUT2D eigenvalue weighted by molar-refractivity contribution is 5.55. The van der Waals surface area contributed by atoms with E-state index >= 15 is 0 Å². The Labute approximate surface area is 126 Å². The second kappa shape index (κ2) is 6.53. The Kier molecular flexibility index (Phi) is 4.10. The van der Waals surface area contributed by atoms with E-state index in [1.807, 2.05) is 54.6 Å². The summed E-state index contributed by atoms with van der Waals surface area (Å²) in [5.74, 6) is 1.16. The molecule has 3 rings (SSSR count). The van der Waals surface area contributed by atoms with Crippen LogP contribution in [0.15, 0.2) is 65.6 Å². The van der Waals surface area contributed by atoms with Gasteiger partial charge in [-0.1, -0.05) is 30.3 Å². The van der Waals surface area contributed by atoms with Crippen LogP contribution in [0.5, 0.6) is 5.75 Å². The molecule has 22 heavy (non-hydrogen) atoms. The first kappa shape index (κ1) is 13.8. The molecule has 0 radical (unpaired) electrons. The van der Waals surface area contributed by atoms with Gasteiger partial charge in [0.15, 0.2) is 5.82 Å². The fourth-order valence-corrected chi connectivity index (χ4v) is 1.90. The topological polar surface area (TPSA) is 79.9 Å². The summed E-state index contributed by atoms with van der Waals surface area (Å²) in [6.45, 7) is 0.521. The Morgan fingerprint density at radius 3 is 2.55 bits per heavy atom. The fraction of sp³-hybridized carbons (Fsp3) is 0.0625. The van der Waals surface area contributed by atoms with Crippen LogP contribution >= 0.6 is 0 Å². The molecule has 0 saturated carbocycles.